The van der Waals surface area contributed by atoms with Crippen molar-refractivity contribution >= 4 is 10.0 Å². The average Bonchev–Trinajstić information content (AvgIpc) is 2.61. The molecule has 0 aliphatic carbocycles. The SMILES string of the molecule is COc1ccc(C2CN(S(=O)(=O)c3ccc(C)cc3C)CCO2)cc1. The van der Waals surface area contributed by atoms with Gasteiger partial charge in [0.25, 0.3) is 0 Å². The van der Waals surface area contributed by atoms with Crippen LogP contribution in [0.25, 0.3) is 0 Å². The maximum Gasteiger partial charge on any atom is 0.243 e. The summed E-state index contributed by atoms with van der Waals surface area (Å²) in [4.78, 5) is 0.369. The van der Waals surface area contributed by atoms with E-state index in [4.69, 9.17) is 9.47 Å². The summed E-state index contributed by atoms with van der Waals surface area (Å²) in [5, 5.41) is 0. The minimum absolute atomic E-state index is 0.278. The van der Waals surface area contributed by atoms with Gasteiger partial charge in [-0.05, 0) is 43.2 Å². The van der Waals surface area contributed by atoms with Crippen LogP contribution in [0.1, 0.15) is 22.8 Å². The van der Waals surface area contributed by atoms with E-state index < -0.39 is 10.0 Å². The molecule has 0 radical (unpaired) electrons. The first-order chi connectivity index (χ1) is 11.9. The molecule has 0 N–H and O–H groups in total. The Morgan fingerprint density at radius 2 is 1.84 bits per heavy atom. The van der Waals surface area contributed by atoms with Crippen molar-refractivity contribution in [2.24, 2.45) is 0 Å². The van der Waals surface area contributed by atoms with Gasteiger partial charge in [0.15, 0.2) is 0 Å². The maximum atomic E-state index is 13.0. The summed E-state index contributed by atoms with van der Waals surface area (Å²) in [6.45, 7) is 4.84. The Hall–Kier alpha value is -1.89. The number of methoxy groups -OCH3 is 1. The third-order valence-electron chi connectivity index (χ3n) is 4.47. The normalized spacial score (nSPS) is 18.9. The van der Waals surface area contributed by atoms with E-state index in [1.54, 1.807) is 13.2 Å². The molecule has 1 heterocycles. The predicted octanol–water partition coefficient (Wildman–Crippen LogP) is 3.07. The van der Waals surface area contributed by atoms with Gasteiger partial charge in [-0.15, -0.1) is 0 Å². The van der Waals surface area contributed by atoms with Gasteiger partial charge in [-0.1, -0.05) is 29.8 Å². The number of nitrogens with zero attached hydrogens (tertiary/aromatic N) is 1. The third kappa shape index (κ3) is 3.71. The van der Waals surface area contributed by atoms with Crippen LogP contribution in [0.3, 0.4) is 0 Å². The van der Waals surface area contributed by atoms with Crippen LogP contribution in [0.2, 0.25) is 0 Å². The molecule has 1 fully saturated rings. The van der Waals surface area contributed by atoms with Crippen LogP contribution < -0.4 is 4.74 Å². The zero-order valence-electron chi connectivity index (χ0n) is 14.7. The van der Waals surface area contributed by atoms with Crippen LogP contribution in [-0.4, -0.2) is 39.5 Å². The first-order valence-corrected chi connectivity index (χ1v) is 9.69. The van der Waals surface area contributed by atoms with Crippen LogP contribution >= 0.6 is 0 Å². The summed E-state index contributed by atoms with van der Waals surface area (Å²) in [5.41, 5.74) is 2.77. The van der Waals surface area contributed by atoms with E-state index in [-0.39, 0.29) is 6.10 Å². The molecular formula is C19H23NO4S. The first-order valence-electron chi connectivity index (χ1n) is 8.25. The van der Waals surface area contributed by atoms with Gasteiger partial charge in [-0.3, -0.25) is 0 Å². The number of hydrogen-bond acceptors (Lipinski definition) is 4. The highest BCUT2D eigenvalue weighted by Gasteiger charge is 2.32. The number of hydrogen-bond donors (Lipinski definition) is 0. The molecule has 1 aliphatic rings. The summed E-state index contributed by atoms with van der Waals surface area (Å²) >= 11 is 0. The highest BCUT2D eigenvalue weighted by Crippen LogP contribution is 2.29. The monoisotopic (exact) mass is 361 g/mol. The molecule has 5 nitrogen and oxygen atoms in total. The van der Waals surface area contributed by atoms with Crippen LogP contribution in [0.4, 0.5) is 0 Å². The molecule has 1 saturated heterocycles. The number of benzene rings is 2. The van der Waals surface area contributed by atoms with Crippen molar-refractivity contribution in [1.82, 2.24) is 4.31 Å². The third-order valence-corrected chi connectivity index (χ3v) is 6.49. The topological polar surface area (TPSA) is 55.8 Å². The van der Waals surface area contributed by atoms with Gasteiger partial charge >= 0.3 is 0 Å². The molecule has 0 bridgehead atoms. The fourth-order valence-corrected chi connectivity index (χ4v) is 4.72. The molecule has 25 heavy (non-hydrogen) atoms. The Morgan fingerprint density at radius 3 is 2.48 bits per heavy atom. The Kier molecular flexibility index (Phi) is 5.13. The molecular weight excluding hydrogens is 338 g/mol. The molecule has 2 aromatic rings. The Morgan fingerprint density at radius 1 is 1.12 bits per heavy atom. The van der Waals surface area contributed by atoms with Gasteiger partial charge in [-0.25, -0.2) is 8.42 Å². The van der Waals surface area contributed by atoms with Gasteiger partial charge < -0.3 is 9.47 Å². The lowest BCUT2D eigenvalue weighted by Gasteiger charge is -2.32. The van der Waals surface area contributed by atoms with Crippen molar-refractivity contribution in [3.63, 3.8) is 0 Å². The number of aryl methyl sites for hydroxylation is 2. The molecule has 1 atom stereocenters. The smallest absolute Gasteiger partial charge is 0.243 e. The van der Waals surface area contributed by atoms with Crippen molar-refractivity contribution in [1.29, 1.82) is 0 Å². The zero-order valence-corrected chi connectivity index (χ0v) is 15.5. The van der Waals surface area contributed by atoms with Crippen molar-refractivity contribution in [3.05, 3.63) is 59.2 Å². The highest BCUT2D eigenvalue weighted by atomic mass is 32.2. The minimum atomic E-state index is -3.53. The average molecular weight is 361 g/mol. The highest BCUT2D eigenvalue weighted by molar-refractivity contribution is 7.89. The molecule has 0 saturated carbocycles. The van der Waals surface area contributed by atoms with Gasteiger partial charge in [0.05, 0.1) is 24.7 Å². The molecule has 0 amide bonds. The Bertz CT molecular complexity index is 846. The largest absolute Gasteiger partial charge is 0.497 e. The Labute approximate surface area is 149 Å². The summed E-state index contributed by atoms with van der Waals surface area (Å²) in [5.74, 6) is 0.763. The molecule has 6 heteroatoms. The van der Waals surface area contributed by atoms with Gasteiger partial charge in [0, 0.05) is 13.1 Å². The van der Waals surface area contributed by atoms with Crippen LogP contribution in [0.15, 0.2) is 47.4 Å². The second-order valence-electron chi connectivity index (χ2n) is 6.26. The number of morpholine rings is 1. The summed E-state index contributed by atoms with van der Waals surface area (Å²) < 4.78 is 38.6. The second kappa shape index (κ2) is 7.15. The first kappa shape index (κ1) is 17.9. The van der Waals surface area contributed by atoms with E-state index >= 15 is 0 Å². The fraction of sp³-hybridized carbons (Fsp3) is 0.368. The lowest BCUT2D eigenvalue weighted by atomic mass is 10.1. The van der Waals surface area contributed by atoms with E-state index in [1.165, 1.54) is 4.31 Å². The predicted molar refractivity (Wildman–Crippen MR) is 96.4 cm³/mol. The molecule has 0 spiro atoms. The quantitative estimate of drug-likeness (QED) is 0.840. The van der Waals surface area contributed by atoms with E-state index in [1.807, 2.05) is 50.2 Å². The van der Waals surface area contributed by atoms with Gasteiger partial charge in [-0.2, -0.15) is 4.31 Å². The lowest BCUT2D eigenvalue weighted by molar-refractivity contribution is -0.00258. The summed E-state index contributed by atoms with van der Waals surface area (Å²) in [7, 11) is -1.92. The van der Waals surface area contributed by atoms with Crippen molar-refractivity contribution in [3.8, 4) is 5.75 Å². The molecule has 0 aromatic heterocycles. The van der Waals surface area contributed by atoms with E-state index in [2.05, 4.69) is 0 Å². The van der Waals surface area contributed by atoms with Crippen LogP contribution in [-0.2, 0) is 14.8 Å². The van der Waals surface area contributed by atoms with E-state index in [9.17, 15) is 8.42 Å². The molecule has 2 aromatic carbocycles. The maximum absolute atomic E-state index is 13.0. The van der Waals surface area contributed by atoms with Crippen molar-refractivity contribution in [2.75, 3.05) is 26.8 Å². The minimum Gasteiger partial charge on any atom is -0.497 e. The lowest BCUT2D eigenvalue weighted by Crippen LogP contribution is -2.42. The standard InChI is InChI=1S/C19H23NO4S/c1-14-4-9-19(15(2)12-14)25(21,22)20-10-11-24-18(13-20)16-5-7-17(23-3)8-6-16/h4-9,12,18H,10-11,13H2,1-3H3. The van der Waals surface area contributed by atoms with Crippen molar-refractivity contribution < 1.29 is 17.9 Å². The van der Waals surface area contributed by atoms with E-state index in [0.717, 1.165) is 22.4 Å². The molecule has 1 unspecified atom stereocenters. The fourth-order valence-electron chi connectivity index (χ4n) is 3.09. The summed E-state index contributed by atoms with van der Waals surface area (Å²) in [6, 6.07) is 13.0. The molecule has 3 rings (SSSR count). The zero-order chi connectivity index (χ0) is 18.0. The Balaban J connectivity index is 1.84. The number of rotatable bonds is 4. The number of ether oxygens (including phenoxy) is 2. The second-order valence-corrected chi connectivity index (χ2v) is 8.17. The van der Waals surface area contributed by atoms with Crippen LogP contribution in [0.5, 0.6) is 5.75 Å². The number of sulfonamides is 1. The van der Waals surface area contributed by atoms with Gasteiger partial charge in [0.1, 0.15) is 5.75 Å². The molecule has 1 aliphatic heterocycles. The van der Waals surface area contributed by atoms with Crippen LogP contribution in [0, 0.1) is 13.8 Å². The summed E-state index contributed by atoms with van der Waals surface area (Å²) in [6.07, 6.45) is -0.278. The van der Waals surface area contributed by atoms with Crippen molar-refractivity contribution in [2.45, 2.75) is 24.8 Å². The molecule has 134 valence electrons. The van der Waals surface area contributed by atoms with E-state index in [0.29, 0.717) is 24.6 Å². The van der Waals surface area contributed by atoms with Gasteiger partial charge in [0.2, 0.25) is 10.0 Å².